The Labute approximate surface area is 171 Å². The Morgan fingerprint density at radius 3 is 2.68 bits per heavy atom. The van der Waals surface area contributed by atoms with Crippen molar-refractivity contribution >= 4 is 43.8 Å². The molecule has 2 aromatic heterocycles. The molecule has 0 saturated carbocycles. The van der Waals surface area contributed by atoms with Crippen LogP contribution in [0.1, 0.15) is 28.6 Å². The molecular weight excluding hydrogens is 388 g/mol. The van der Waals surface area contributed by atoms with Crippen molar-refractivity contribution in [2.75, 3.05) is 12.4 Å². The maximum atomic E-state index is 13.0. The minimum Gasteiger partial charge on any atom is -0.497 e. The van der Waals surface area contributed by atoms with Crippen LogP contribution >= 0.6 is 22.7 Å². The Morgan fingerprint density at radius 2 is 1.93 bits per heavy atom. The van der Waals surface area contributed by atoms with Crippen LogP contribution in [0.3, 0.4) is 0 Å². The number of rotatable bonds is 6. The molecule has 1 N–H and O–H groups in total. The van der Waals surface area contributed by atoms with Crippen LogP contribution < -0.4 is 10.1 Å². The number of nitrogens with one attached hydrogen (secondary N) is 1. The van der Waals surface area contributed by atoms with Crippen molar-refractivity contribution in [1.29, 1.82) is 0 Å². The van der Waals surface area contributed by atoms with Gasteiger partial charge in [-0.2, -0.15) is 0 Å². The molecule has 142 valence electrons. The number of ether oxygens (including phenoxy) is 1. The summed E-state index contributed by atoms with van der Waals surface area (Å²) in [5.74, 6) is 0.723. The molecule has 4 nitrogen and oxygen atoms in total. The molecule has 6 heteroatoms. The number of hydrogen-bond donors (Lipinski definition) is 1. The minimum absolute atomic E-state index is 0.0831. The topological polar surface area (TPSA) is 51.2 Å². The largest absolute Gasteiger partial charge is 0.497 e. The van der Waals surface area contributed by atoms with Crippen LogP contribution in [0.4, 0.5) is 5.13 Å². The number of aromatic nitrogens is 1. The van der Waals surface area contributed by atoms with Crippen LogP contribution in [-0.4, -0.2) is 18.0 Å². The third-order valence-corrected chi connectivity index (χ3v) is 6.48. The number of carbonyl (C=O) groups is 1. The van der Waals surface area contributed by atoms with Gasteiger partial charge in [0.15, 0.2) is 5.13 Å². The van der Waals surface area contributed by atoms with Gasteiger partial charge in [-0.05, 0) is 47.7 Å². The minimum atomic E-state index is -0.0831. The van der Waals surface area contributed by atoms with Crippen molar-refractivity contribution < 1.29 is 9.53 Å². The second-order valence-corrected chi connectivity index (χ2v) is 8.29. The molecule has 4 rings (SSSR count). The molecule has 28 heavy (non-hydrogen) atoms. The van der Waals surface area contributed by atoms with Crippen LogP contribution in [0.15, 0.2) is 53.9 Å². The SMILES string of the molecule is CCCc1c(C(=O)Nc2nc(-c3ccc(OC)cc3)cs2)sc2ccccc12. The first-order valence-corrected chi connectivity index (χ1v) is 10.8. The molecule has 2 heterocycles. The normalized spacial score (nSPS) is 10.9. The zero-order valence-electron chi connectivity index (χ0n) is 15.7. The van der Waals surface area contributed by atoms with E-state index in [1.54, 1.807) is 18.4 Å². The summed E-state index contributed by atoms with van der Waals surface area (Å²) in [7, 11) is 1.65. The molecule has 0 aliphatic heterocycles. The van der Waals surface area contributed by atoms with Crippen molar-refractivity contribution in [3.63, 3.8) is 0 Å². The number of nitrogens with zero attached hydrogens (tertiary/aromatic N) is 1. The van der Waals surface area contributed by atoms with E-state index in [2.05, 4.69) is 29.4 Å². The molecule has 4 aromatic rings. The fourth-order valence-corrected chi connectivity index (χ4v) is 5.02. The average molecular weight is 409 g/mol. The van der Waals surface area contributed by atoms with Crippen LogP contribution in [0, 0.1) is 0 Å². The number of thiazole rings is 1. The van der Waals surface area contributed by atoms with E-state index in [0.717, 1.165) is 45.0 Å². The molecule has 0 radical (unpaired) electrons. The van der Waals surface area contributed by atoms with Crippen LogP contribution in [0.5, 0.6) is 5.75 Å². The summed E-state index contributed by atoms with van der Waals surface area (Å²) in [5.41, 5.74) is 2.96. The fraction of sp³-hybridized carbons (Fsp3) is 0.182. The van der Waals surface area contributed by atoms with E-state index < -0.39 is 0 Å². The van der Waals surface area contributed by atoms with Gasteiger partial charge in [0, 0.05) is 15.6 Å². The number of aryl methyl sites for hydroxylation is 1. The van der Waals surface area contributed by atoms with E-state index in [9.17, 15) is 4.79 Å². The zero-order valence-corrected chi connectivity index (χ0v) is 17.3. The summed E-state index contributed by atoms with van der Waals surface area (Å²) in [6.07, 6.45) is 1.89. The molecule has 2 aromatic carbocycles. The van der Waals surface area contributed by atoms with E-state index >= 15 is 0 Å². The lowest BCUT2D eigenvalue weighted by molar-refractivity contribution is 0.103. The highest BCUT2D eigenvalue weighted by molar-refractivity contribution is 7.21. The third kappa shape index (κ3) is 3.66. The quantitative estimate of drug-likeness (QED) is 0.411. The first-order chi connectivity index (χ1) is 13.7. The zero-order chi connectivity index (χ0) is 19.5. The highest BCUT2D eigenvalue weighted by Gasteiger charge is 2.19. The molecule has 0 fully saturated rings. The monoisotopic (exact) mass is 408 g/mol. The van der Waals surface area contributed by atoms with Crippen molar-refractivity contribution in [3.05, 3.63) is 64.4 Å². The summed E-state index contributed by atoms with van der Waals surface area (Å²) < 4.78 is 6.34. The maximum absolute atomic E-state index is 13.0. The van der Waals surface area contributed by atoms with Gasteiger partial charge in [-0.15, -0.1) is 22.7 Å². The average Bonchev–Trinajstić information content (AvgIpc) is 3.33. The second-order valence-electron chi connectivity index (χ2n) is 6.38. The lowest BCUT2D eigenvalue weighted by Crippen LogP contribution is -2.12. The van der Waals surface area contributed by atoms with E-state index in [1.165, 1.54) is 16.7 Å². The highest BCUT2D eigenvalue weighted by atomic mass is 32.1. The van der Waals surface area contributed by atoms with Gasteiger partial charge in [-0.25, -0.2) is 4.98 Å². The van der Waals surface area contributed by atoms with E-state index in [4.69, 9.17) is 4.74 Å². The lowest BCUT2D eigenvalue weighted by Gasteiger charge is -2.03. The van der Waals surface area contributed by atoms with Crippen LogP contribution in [-0.2, 0) is 6.42 Å². The number of amides is 1. The van der Waals surface area contributed by atoms with Gasteiger partial charge < -0.3 is 4.74 Å². The summed E-state index contributed by atoms with van der Waals surface area (Å²) in [6.45, 7) is 2.14. The number of methoxy groups -OCH3 is 1. The van der Waals surface area contributed by atoms with Gasteiger partial charge in [0.05, 0.1) is 17.7 Å². The van der Waals surface area contributed by atoms with Crippen molar-refractivity contribution in [3.8, 4) is 17.0 Å². The van der Waals surface area contributed by atoms with E-state index in [-0.39, 0.29) is 5.91 Å². The van der Waals surface area contributed by atoms with E-state index in [0.29, 0.717) is 5.13 Å². The number of hydrogen-bond acceptors (Lipinski definition) is 5. The Balaban J connectivity index is 1.58. The standard InChI is InChI=1S/C22H20N2O2S2/c1-3-6-17-16-7-4-5-8-19(16)28-20(17)21(25)24-22-23-18(13-27-22)14-9-11-15(26-2)12-10-14/h4-5,7-13H,3,6H2,1-2H3,(H,23,24,25). The van der Waals surface area contributed by atoms with Gasteiger partial charge >= 0.3 is 0 Å². The van der Waals surface area contributed by atoms with Crippen LogP contribution in [0.25, 0.3) is 21.3 Å². The number of thiophene rings is 1. The first kappa shape index (κ1) is 18.7. The smallest absolute Gasteiger partial charge is 0.267 e. The number of carbonyl (C=O) groups excluding carboxylic acids is 1. The molecule has 0 bridgehead atoms. The number of fused-ring (bicyclic) bond motifs is 1. The molecule has 0 spiro atoms. The Morgan fingerprint density at radius 1 is 1.14 bits per heavy atom. The van der Waals surface area contributed by atoms with Gasteiger partial charge in [0.2, 0.25) is 0 Å². The maximum Gasteiger partial charge on any atom is 0.267 e. The lowest BCUT2D eigenvalue weighted by atomic mass is 10.1. The summed E-state index contributed by atoms with van der Waals surface area (Å²) in [4.78, 5) is 18.3. The van der Waals surface area contributed by atoms with E-state index in [1.807, 2.05) is 41.8 Å². The summed E-state index contributed by atoms with van der Waals surface area (Å²) >= 11 is 2.98. The fourth-order valence-electron chi connectivity index (χ4n) is 3.16. The first-order valence-electron chi connectivity index (χ1n) is 9.11. The molecular formula is C22H20N2O2S2. The van der Waals surface area contributed by atoms with Crippen LogP contribution in [0.2, 0.25) is 0 Å². The van der Waals surface area contributed by atoms with Gasteiger partial charge in [0.1, 0.15) is 5.75 Å². The summed E-state index contributed by atoms with van der Waals surface area (Å²) in [6, 6.07) is 15.9. The Hall–Kier alpha value is -2.70. The number of benzene rings is 2. The number of anilines is 1. The molecule has 0 unspecified atom stereocenters. The van der Waals surface area contributed by atoms with Gasteiger partial charge in [-0.3, -0.25) is 10.1 Å². The molecule has 0 atom stereocenters. The molecule has 0 aliphatic carbocycles. The van der Waals surface area contributed by atoms with Crippen molar-refractivity contribution in [2.45, 2.75) is 19.8 Å². The molecule has 0 aliphatic rings. The van der Waals surface area contributed by atoms with Gasteiger partial charge in [-0.1, -0.05) is 31.5 Å². The molecule has 1 amide bonds. The third-order valence-electron chi connectivity index (χ3n) is 4.51. The van der Waals surface area contributed by atoms with Crippen molar-refractivity contribution in [1.82, 2.24) is 4.98 Å². The second kappa shape index (κ2) is 8.12. The Bertz CT molecular complexity index is 1110. The Kier molecular flexibility index (Phi) is 5.41. The summed E-state index contributed by atoms with van der Waals surface area (Å²) in [5, 5.41) is 6.72. The van der Waals surface area contributed by atoms with Gasteiger partial charge in [0.25, 0.3) is 5.91 Å². The van der Waals surface area contributed by atoms with Crippen molar-refractivity contribution in [2.24, 2.45) is 0 Å². The molecule has 0 saturated heterocycles. The predicted octanol–water partition coefficient (Wildman–Crippen LogP) is 6.24. The predicted molar refractivity (Wildman–Crippen MR) is 118 cm³/mol. The highest BCUT2D eigenvalue weighted by Crippen LogP contribution is 2.33.